The first-order valence-electron chi connectivity index (χ1n) is 6.65. The average Bonchev–Trinajstić information content (AvgIpc) is 2.50. The zero-order valence-electron chi connectivity index (χ0n) is 10.4. The highest BCUT2D eigenvalue weighted by Crippen LogP contribution is 2.52. The van der Waals surface area contributed by atoms with Crippen molar-refractivity contribution in [2.24, 2.45) is 11.3 Å². The first-order valence-corrected chi connectivity index (χ1v) is 6.65. The lowest BCUT2D eigenvalue weighted by Gasteiger charge is -2.45. The van der Waals surface area contributed by atoms with Gasteiger partial charge in [0, 0.05) is 5.92 Å². The molecule has 0 aromatic carbocycles. The van der Waals surface area contributed by atoms with Gasteiger partial charge >= 0.3 is 0 Å². The topological polar surface area (TPSA) is 33.0 Å². The molecule has 0 bridgehead atoms. The molecule has 3 atom stereocenters. The van der Waals surface area contributed by atoms with Crippen molar-refractivity contribution in [2.45, 2.75) is 45.1 Å². The normalized spacial score (nSPS) is 40.5. The molecule has 2 nitrogen and oxygen atoms in total. The summed E-state index contributed by atoms with van der Waals surface area (Å²) in [7, 11) is 0. The maximum atomic E-state index is 9.69. The summed E-state index contributed by atoms with van der Waals surface area (Å²) in [6, 6.07) is 2.65. The van der Waals surface area contributed by atoms with E-state index in [1.807, 2.05) is 0 Å². The van der Waals surface area contributed by atoms with Gasteiger partial charge in [-0.1, -0.05) is 17.7 Å². The molecular weight excluding hydrogens is 210 g/mol. The van der Waals surface area contributed by atoms with Crippen LogP contribution in [0.15, 0.2) is 23.3 Å². The van der Waals surface area contributed by atoms with Gasteiger partial charge in [-0.2, -0.15) is 5.26 Å². The highest BCUT2D eigenvalue weighted by molar-refractivity contribution is 5.35. The third-order valence-corrected chi connectivity index (χ3v) is 4.67. The third-order valence-electron chi connectivity index (χ3n) is 4.67. The van der Waals surface area contributed by atoms with Gasteiger partial charge in [0.15, 0.2) is 0 Å². The van der Waals surface area contributed by atoms with Crippen LogP contribution in [0.3, 0.4) is 0 Å². The van der Waals surface area contributed by atoms with Gasteiger partial charge in [-0.3, -0.25) is 0 Å². The number of hydrogen-bond donors (Lipinski definition) is 0. The maximum absolute atomic E-state index is 9.69. The summed E-state index contributed by atoms with van der Waals surface area (Å²) in [6.07, 6.45) is 10.2. The molecule has 17 heavy (non-hydrogen) atoms. The molecule has 2 aliphatic carbocycles. The third kappa shape index (κ3) is 1.65. The van der Waals surface area contributed by atoms with E-state index in [0.29, 0.717) is 5.92 Å². The monoisotopic (exact) mass is 229 g/mol. The van der Waals surface area contributed by atoms with Crippen molar-refractivity contribution in [3.05, 3.63) is 23.3 Å². The predicted octanol–water partition coefficient (Wildman–Crippen LogP) is 3.36. The fourth-order valence-electron chi connectivity index (χ4n) is 3.79. The minimum atomic E-state index is -0.163. The maximum Gasteiger partial charge on any atom is 0.0697 e. The van der Waals surface area contributed by atoms with Crippen LogP contribution in [-0.4, -0.2) is 12.7 Å². The van der Waals surface area contributed by atoms with Crippen LogP contribution in [0, 0.1) is 22.7 Å². The number of ether oxygens (including phenoxy) is 1. The van der Waals surface area contributed by atoms with Gasteiger partial charge in [0.2, 0.25) is 0 Å². The molecule has 2 heteroatoms. The summed E-state index contributed by atoms with van der Waals surface area (Å²) >= 11 is 0. The van der Waals surface area contributed by atoms with Gasteiger partial charge in [0.25, 0.3) is 0 Å². The number of rotatable bonds is 0. The Morgan fingerprint density at radius 3 is 3.18 bits per heavy atom. The lowest BCUT2D eigenvalue weighted by molar-refractivity contribution is -0.0384. The molecule has 0 N–H and O–H groups in total. The quantitative estimate of drug-likeness (QED) is 0.638. The lowest BCUT2D eigenvalue weighted by atomic mass is 9.61. The molecule has 0 aromatic heterocycles. The van der Waals surface area contributed by atoms with E-state index >= 15 is 0 Å². The summed E-state index contributed by atoms with van der Waals surface area (Å²) in [5.41, 5.74) is 2.63. The Morgan fingerprint density at radius 2 is 2.35 bits per heavy atom. The van der Waals surface area contributed by atoms with Crippen molar-refractivity contribution in [3.8, 4) is 6.07 Å². The smallest absolute Gasteiger partial charge is 0.0697 e. The number of hydrogen-bond acceptors (Lipinski definition) is 2. The molecule has 0 saturated heterocycles. The second-order valence-electron chi connectivity index (χ2n) is 5.70. The van der Waals surface area contributed by atoms with Crippen molar-refractivity contribution in [1.82, 2.24) is 0 Å². The van der Waals surface area contributed by atoms with E-state index in [1.165, 1.54) is 11.1 Å². The van der Waals surface area contributed by atoms with Crippen LogP contribution in [-0.2, 0) is 4.74 Å². The van der Waals surface area contributed by atoms with Crippen molar-refractivity contribution in [3.63, 3.8) is 0 Å². The molecule has 3 rings (SSSR count). The molecule has 1 unspecified atom stereocenters. The molecule has 0 aromatic rings. The zero-order valence-corrected chi connectivity index (χ0v) is 10.4. The van der Waals surface area contributed by atoms with Crippen LogP contribution in [0.1, 0.15) is 39.0 Å². The van der Waals surface area contributed by atoms with Crippen LogP contribution in [0.4, 0.5) is 0 Å². The molecule has 1 aliphatic heterocycles. The minimum Gasteiger partial charge on any atom is -0.373 e. The SMILES string of the molecule is CC1=CC2=CCO[C@@H]3CCC[C@](C#N)(CC1)C23. The van der Waals surface area contributed by atoms with Crippen LogP contribution < -0.4 is 0 Å². The van der Waals surface area contributed by atoms with Crippen LogP contribution in [0.5, 0.6) is 0 Å². The van der Waals surface area contributed by atoms with Gasteiger partial charge in [-0.15, -0.1) is 0 Å². The van der Waals surface area contributed by atoms with Crippen LogP contribution in [0.25, 0.3) is 0 Å². The summed E-state index contributed by atoms with van der Waals surface area (Å²) in [6.45, 7) is 2.91. The number of allylic oxidation sites excluding steroid dienone is 2. The van der Waals surface area contributed by atoms with E-state index in [-0.39, 0.29) is 11.5 Å². The first-order chi connectivity index (χ1) is 8.25. The summed E-state index contributed by atoms with van der Waals surface area (Å²) < 4.78 is 5.88. The fourth-order valence-corrected chi connectivity index (χ4v) is 3.79. The van der Waals surface area contributed by atoms with E-state index in [9.17, 15) is 5.26 Å². The highest BCUT2D eigenvalue weighted by Gasteiger charge is 2.49. The Labute approximate surface area is 103 Å². The molecule has 3 aliphatic rings. The zero-order chi connectivity index (χ0) is 11.9. The van der Waals surface area contributed by atoms with Crippen LogP contribution in [0.2, 0.25) is 0 Å². The minimum absolute atomic E-state index is 0.163. The Bertz CT molecular complexity index is 429. The average molecular weight is 229 g/mol. The molecule has 0 amide bonds. The van der Waals surface area contributed by atoms with E-state index in [1.54, 1.807) is 0 Å². The molecule has 1 fully saturated rings. The summed E-state index contributed by atoms with van der Waals surface area (Å²) in [5, 5.41) is 9.69. The standard InChI is InChI=1S/C15H19NO/c1-11-4-7-15(10-16)6-2-3-13-14(15)12(9-11)5-8-17-13/h5,9,13-14H,2-4,6-8H2,1H3/t13-,14?,15-/m1/s1. The van der Waals surface area contributed by atoms with E-state index < -0.39 is 0 Å². The van der Waals surface area contributed by atoms with Crippen molar-refractivity contribution < 1.29 is 4.74 Å². The van der Waals surface area contributed by atoms with E-state index in [2.05, 4.69) is 25.1 Å². The van der Waals surface area contributed by atoms with Gasteiger partial charge in [0.05, 0.1) is 24.2 Å². The molecule has 90 valence electrons. The van der Waals surface area contributed by atoms with Gasteiger partial charge in [0.1, 0.15) is 0 Å². The van der Waals surface area contributed by atoms with Gasteiger partial charge in [-0.25, -0.2) is 0 Å². The molecule has 1 saturated carbocycles. The van der Waals surface area contributed by atoms with Crippen molar-refractivity contribution >= 4 is 0 Å². The lowest BCUT2D eigenvalue weighted by Crippen LogP contribution is -2.44. The molecule has 0 radical (unpaired) electrons. The van der Waals surface area contributed by atoms with Gasteiger partial charge < -0.3 is 4.74 Å². The number of nitrogens with zero attached hydrogens (tertiary/aromatic N) is 1. The van der Waals surface area contributed by atoms with E-state index in [4.69, 9.17) is 4.74 Å². The summed E-state index contributed by atoms with van der Waals surface area (Å²) in [4.78, 5) is 0. The Kier molecular flexibility index (Phi) is 2.60. The second kappa shape index (κ2) is 3.99. The molecule has 1 heterocycles. The first kappa shape index (κ1) is 11.0. The summed E-state index contributed by atoms with van der Waals surface area (Å²) in [5.74, 6) is 0.326. The molecule has 0 spiro atoms. The second-order valence-corrected chi connectivity index (χ2v) is 5.70. The van der Waals surface area contributed by atoms with E-state index in [0.717, 1.165) is 38.7 Å². The van der Waals surface area contributed by atoms with Crippen molar-refractivity contribution in [1.29, 1.82) is 5.26 Å². The molecular formula is C15H19NO. The van der Waals surface area contributed by atoms with Gasteiger partial charge in [-0.05, 0) is 44.6 Å². The largest absolute Gasteiger partial charge is 0.373 e. The predicted molar refractivity (Wildman–Crippen MR) is 66.2 cm³/mol. The Balaban J connectivity index is 2.09. The Hall–Kier alpha value is -1.07. The van der Waals surface area contributed by atoms with Crippen LogP contribution >= 0.6 is 0 Å². The highest BCUT2D eigenvalue weighted by atomic mass is 16.5. The van der Waals surface area contributed by atoms with Crippen molar-refractivity contribution in [2.75, 3.05) is 6.61 Å². The number of nitriles is 1. The Morgan fingerprint density at radius 1 is 1.47 bits per heavy atom. The fraction of sp³-hybridized carbons (Fsp3) is 0.667.